The van der Waals surface area contributed by atoms with Crippen LogP contribution >= 0.6 is 0 Å². The zero-order chi connectivity index (χ0) is 39.6. The number of benzene rings is 8. The van der Waals surface area contributed by atoms with Gasteiger partial charge in [0.1, 0.15) is 11.5 Å². The predicted molar refractivity (Wildman–Crippen MR) is 237 cm³/mol. The maximum Gasteiger partial charge on any atom is 0.115 e. The molecule has 280 valence electrons. The van der Waals surface area contributed by atoms with Gasteiger partial charge in [0.05, 0.1) is 10.8 Å². The molecule has 0 aliphatic heterocycles. The summed E-state index contributed by atoms with van der Waals surface area (Å²) >= 11 is 0. The Kier molecular flexibility index (Phi) is 10.1. The van der Waals surface area contributed by atoms with Crippen LogP contribution in [0.15, 0.2) is 194 Å². The van der Waals surface area contributed by atoms with E-state index in [1.165, 1.54) is 62.1 Å². The van der Waals surface area contributed by atoms with E-state index in [1.807, 2.05) is 13.8 Å². The van der Waals surface area contributed by atoms with Crippen molar-refractivity contribution in [3.8, 4) is 44.9 Å². The van der Waals surface area contributed by atoms with E-state index in [2.05, 4.69) is 184 Å². The van der Waals surface area contributed by atoms with Gasteiger partial charge < -0.3 is 10.2 Å². The Balaban J connectivity index is 0.000000871. The lowest BCUT2D eigenvalue weighted by atomic mass is 9.67. The van der Waals surface area contributed by atoms with Crippen molar-refractivity contribution < 1.29 is 10.2 Å². The molecule has 10 rings (SSSR count). The van der Waals surface area contributed by atoms with Gasteiger partial charge in [-0.2, -0.15) is 0 Å². The molecule has 0 bridgehead atoms. The molecule has 2 aliphatic carbocycles. The molecule has 0 saturated heterocycles. The zero-order valence-electron chi connectivity index (χ0n) is 33.1. The van der Waals surface area contributed by atoms with Gasteiger partial charge in [-0.1, -0.05) is 204 Å². The normalized spacial score (nSPS) is 13.4. The van der Waals surface area contributed by atoms with Crippen LogP contribution < -0.4 is 0 Å². The van der Waals surface area contributed by atoms with Gasteiger partial charge in [0, 0.05) is 0 Å². The van der Waals surface area contributed by atoms with Crippen molar-refractivity contribution in [2.45, 2.75) is 44.9 Å². The van der Waals surface area contributed by atoms with Crippen LogP contribution in [0, 0.1) is 0 Å². The van der Waals surface area contributed by atoms with Gasteiger partial charge in [0.2, 0.25) is 0 Å². The highest BCUT2D eigenvalue weighted by atomic mass is 16.3. The molecule has 0 radical (unpaired) electrons. The van der Waals surface area contributed by atoms with Crippen LogP contribution in [0.25, 0.3) is 33.4 Å². The lowest BCUT2D eigenvalue weighted by Gasteiger charge is -2.34. The molecule has 2 nitrogen and oxygen atoms in total. The predicted octanol–water partition coefficient (Wildman–Crippen LogP) is 13.9. The molecule has 0 amide bonds. The summed E-state index contributed by atoms with van der Waals surface area (Å²) in [6, 6.07) is 68.3. The van der Waals surface area contributed by atoms with E-state index in [-0.39, 0.29) is 11.5 Å². The molecule has 8 aromatic carbocycles. The average Bonchev–Trinajstić information content (AvgIpc) is 3.74. The first-order valence-electron chi connectivity index (χ1n) is 20.2. The molecule has 0 unspecified atom stereocenters. The van der Waals surface area contributed by atoms with Gasteiger partial charge in [0.25, 0.3) is 0 Å². The summed E-state index contributed by atoms with van der Waals surface area (Å²) < 4.78 is 0. The molecule has 0 heterocycles. The molecule has 2 heteroatoms. The number of aromatic hydroxyl groups is 2. The van der Waals surface area contributed by atoms with Gasteiger partial charge in [-0.3, -0.25) is 0 Å². The van der Waals surface area contributed by atoms with Crippen LogP contribution in [0.4, 0.5) is 0 Å². The number of rotatable bonds is 5. The first-order chi connectivity index (χ1) is 28.0. The molecule has 0 saturated carbocycles. The first-order valence-corrected chi connectivity index (χ1v) is 20.2. The number of phenols is 2. The third-order valence-corrected chi connectivity index (χ3v) is 11.5. The highest BCUT2D eigenvalue weighted by Crippen LogP contribution is 2.58. The molecule has 2 aliphatic rings. The van der Waals surface area contributed by atoms with Gasteiger partial charge in [-0.25, -0.2) is 0 Å². The van der Waals surface area contributed by atoms with E-state index >= 15 is 0 Å². The largest absolute Gasteiger partial charge is 0.508 e. The minimum absolute atomic E-state index is 0.258. The summed E-state index contributed by atoms with van der Waals surface area (Å²) in [6.07, 6.45) is 1.25. The third-order valence-electron chi connectivity index (χ3n) is 11.5. The Bertz CT molecular complexity index is 2360. The van der Waals surface area contributed by atoms with Crippen molar-refractivity contribution in [1.82, 2.24) is 0 Å². The fourth-order valence-electron chi connectivity index (χ4n) is 9.30. The number of fused-ring (bicyclic) bond motifs is 6. The summed E-state index contributed by atoms with van der Waals surface area (Å²) in [5.41, 5.74) is 15.8. The van der Waals surface area contributed by atoms with Gasteiger partial charge >= 0.3 is 0 Å². The highest BCUT2D eigenvalue weighted by molar-refractivity contribution is 5.88. The van der Waals surface area contributed by atoms with Crippen LogP contribution in [0.3, 0.4) is 0 Å². The molecule has 0 spiro atoms. The van der Waals surface area contributed by atoms with E-state index in [4.69, 9.17) is 0 Å². The first kappa shape index (κ1) is 37.3. The second-order valence-corrected chi connectivity index (χ2v) is 14.6. The molecular formula is C55H48O2. The van der Waals surface area contributed by atoms with Crippen LogP contribution in [-0.4, -0.2) is 10.2 Å². The lowest BCUT2D eigenvalue weighted by Crippen LogP contribution is -2.28. The second kappa shape index (κ2) is 15.5. The summed E-state index contributed by atoms with van der Waals surface area (Å²) in [5, 5.41) is 20.5. The molecule has 2 N–H and O–H groups in total. The van der Waals surface area contributed by atoms with Crippen molar-refractivity contribution in [1.29, 1.82) is 0 Å². The third kappa shape index (κ3) is 5.87. The van der Waals surface area contributed by atoms with E-state index in [9.17, 15) is 10.2 Å². The minimum Gasteiger partial charge on any atom is -0.508 e. The van der Waals surface area contributed by atoms with E-state index in [0.29, 0.717) is 0 Å². The van der Waals surface area contributed by atoms with E-state index < -0.39 is 10.8 Å². The van der Waals surface area contributed by atoms with Gasteiger partial charge in [-0.15, -0.1) is 0 Å². The Morgan fingerprint density at radius 1 is 0.316 bits per heavy atom. The average molecular weight is 741 g/mol. The van der Waals surface area contributed by atoms with Crippen LogP contribution in [0.2, 0.25) is 0 Å². The van der Waals surface area contributed by atoms with Crippen LogP contribution in [-0.2, 0) is 10.8 Å². The van der Waals surface area contributed by atoms with Crippen molar-refractivity contribution >= 4 is 0 Å². The molecular weight excluding hydrogens is 693 g/mol. The van der Waals surface area contributed by atoms with Crippen molar-refractivity contribution in [2.24, 2.45) is 0 Å². The van der Waals surface area contributed by atoms with Crippen LogP contribution in [0.1, 0.15) is 78.6 Å². The Morgan fingerprint density at radius 3 is 0.772 bits per heavy atom. The Hall–Kier alpha value is -6.64. The fourth-order valence-corrected chi connectivity index (χ4v) is 9.30. The molecule has 8 aromatic rings. The van der Waals surface area contributed by atoms with Crippen LogP contribution in [0.5, 0.6) is 11.5 Å². The highest BCUT2D eigenvalue weighted by Gasteiger charge is 2.47. The molecule has 0 atom stereocenters. The van der Waals surface area contributed by atoms with Gasteiger partial charge in [-0.05, 0) is 102 Å². The van der Waals surface area contributed by atoms with Crippen molar-refractivity contribution in [2.75, 3.05) is 0 Å². The van der Waals surface area contributed by atoms with Crippen molar-refractivity contribution in [3.05, 3.63) is 239 Å². The van der Waals surface area contributed by atoms with Crippen molar-refractivity contribution in [3.63, 3.8) is 0 Å². The number of phenolic OH excluding ortho intramolecular Hbond substituents is 2. The summed E-state index contributed by atoms with van der Waals surface area (Å²) in [7, 11) is 0. The van der Waals surface area contributed by atoms with Gasteiger partial charge in [0.15, 0.2) is 0 Å². The zero-order valence-corrected chi connectivity index (χ0v) is 33.1. The molecule has 0 fully saturated rings. The quantitative estimate of drug-likeness (QED) is 0.184. The Labute approximate surface area is 337 Å². The number of hydrogen-bond acceptors (Lipinski definition) is 2. The monoisotopic (exact) mass is 740 g/mol. The maximum absolute atomic E-state index is 10.3. The standard InChI is InChI=1S/C50H34O2.C3H8.C2H6/c51-39-29-25-37(26-30-39)49(45-13-5-1-9-41(45)42-10-2-6-14-46(42)49)35-21-17-33(18-22-35)34-19-23-36(24-20-34)50(38-27-31-40(52)32-28-38)47-15-7-3-11-43(47)44-12-4-8-16-48(44)50;1-3-2;1-2/h1-32,51-52H;3H2,1-2H3;1-2H3. The fraction of sp³-hybridized carbons (Fsp3) is 0.127. The smallest absolute Gasteiger partial charge is 0.115 e. The van der Waals surface area contributed by atoms with E-state index in [0.717, 1.165) is 22.3 Å². The summed E-state index contributed by atoms with van der Waals surface area (Å²) in [5.74, 6) is 0.517. The molecule has 0 aromatic heterocycles. The van der Waals surface area contributed by atoms with E-state index in [1.54, 1.807) is 24.3 Å². The summed E-state index contributed by atoms with van der Waals surface area (Å²) in [4.78, 5) is 0. The summed E-state index contributed by atoms with van der Waals surface area (Å²) in [6.45, 7) is 8.25. The molecule has 57 heavy (non-hydrogen) atoms. The number of hydrogen-bond donors (Lipinski definition) is 2. The SMILES string of the molecule is CC.CCC.Oc1ccc(C2(c3ccc(-c4ccc(C5(c6ccc(O)cc6)c6ccccc6-c6ccccc65)cc4)cc3)c3ccccc3-c3ccccc32)cc1. The maximum atomic E-state index is 10.3. The second-order valence-electron chi connectivity index (χ2n) is 14.6. The minimum atomic E-state index is -0.525. The lowest BCUT2D eigenvalue weighted by molar-refractivity contribution is 0.474. The Morgan fingerprint density at radius 2 is 0.526 bits per heavy atom. The topological polar surface area (TPSA) is 40.5 Å².